The van der Waals surface area contributed by atoms with E-state index in [0.29, 0.717) is 6.42 Å². The number of fused-ring (bicyclic) bond motifs is 2. The van der Waals surface area contributed by atoms with Gasteiger partial charge in [0.15, 0.2) is 0 Å². The predicted octanol–water partition coefficient (Wildman–Crippen LogP) is 3.69. The van der Waals surface area contributed by atoms with Crippen LogP contribution in [0.25, 0.3) is 11.0 Å². The largest absolute Gasteiger partial charge is 0.459 e. The molecule has 4 rings (SSSR count). The van der Waals surface area contributed by atoms with Crippen LogP contribution in [0.5, 0.6) is 0 Å². The highest BCUT2D eigenvalue weighted by atomic mass is 16.3. The summed E-state index contributed by atoms with van der Waals surface area (Å²) in [7, 11) is 1.79. The number of carbonyl (C=O) groups is 2. The molecule has 1 N–H and O–H groups in total. The number of likely N-dealkylation sites (N-methyl/N-ethyl adjacent to an activating group) is 1. The fourth-order valence-corrected chi connectivity index (χ4v) is 3.29. The number of amides is 2. The smallest absolute Gasteiger partial charge is 0.228 e. The standard InChI is InChI=1S/C21H20N2O3/c1-13(19-11-16-5-3-4-6-18(16)26-19)23(2)21(25)10-14-7-8-15-12-20(24)22-17(15)9-14/h3-9,11,13H,10,12H2,1-2H3,(H,22,24)/t13-/m1/s1. The van der Waals surface area contributed by atoms with E-state index in [0.717, 1.165) is 33.5 Å². The summed E-state index contributed by atoms with van der Waals surface area (Å²) in [5, 5.41) is 3.86. The van der Waals surface area contributed by atoms with E-state index in [-0.39, 0.29) is 24.3 Å². The Balaban J connectivity index is 1.49. The molecule has 26 heavy (non-hydrogen) atoms. The zero-order valence-electron chi connectivity index (χ0n) is 14.8. The maximum absolute atomic E-state index is 12.7. The molecule has 1 aliphatic heterocycles. The SMILES string of the molecule is C[C@H](c1cc2ccccc2o1)N(C)C(=O)Cc1ccc2c(c1)NC(=O)C2. The normalized spacial score (nSPS) is 14.2. The van der Waals surface area contributed by atoms with Crippen LogP contribution in [0.4, 0.5) is 5.69 Å². The predicted molar refractivity (Wildman–Crippen MR) is 99.9 cm³/mol. The van der Waals surface area contributed by atoms with Gasteiger partial charge in [-0.05, 0) is 36.2 Å². The molecule has 0 saturated heterocycles. The van der Waals surface area contributed by atoms with Crippen LogP contribution in [0.3, 0.4) is 0 Å². The molecule has 2 aromatic carbocycles. The summed E-state index contributed by atoms with van der Waals surface area (Å²) >= 11 is 0. The Kier molecular flexibility index (Phi) is 3.99. The maximum atomic E-state index is 12.7. The number of hydrogen-bond donors (Lipinski definition) is 1. The van der Waals surface area contributed by atoms with Crippen LogP contribution in [-0.2, 0) is 22.4 Å². The van der Waals surface area contributed by atoms with Crippen molar-refractivity contribution in [1.82, 2.24) is 4.90 Å². The van der Waals surface area contributed by atoms with E-state index in [9.17, 15) is 9.59 Å². The van der Waals surface area contributed by atoms with E-state index in [1.54, 1.807) is 11.9 Å². The third-order valence-corrected chi connectivity index (χ3v) is 4.99. The van der Waals surface area contributed by atoms with E-state index < -0.39 is 0 Å². The Morgan fingerprint density at radius 2 is 2.04 bits per heavy atom. The second-order valence-corrected chi connectivity index (χ2v) is 6.76. The van der Waals surface area contributed by atoms with E-state index in [1.807, 2.05) is 55.5 Å². The minimum absolute atomic E-state index is 0.000831. The van der Waals surface area contributed by atoms with Crippen LogP contribution in [0, 0.1) is 0 Å². The number of para-hydroxylation sites is 1. The van der Waals surface area contributed by atoms with Gasteiger partial charge in [-0.1, -0.05) is 30.3 Å². The lowest BCUT2D eigenvalue weighted by molar-refractivity contribution is -0.131. The lowest BCUT2D eigenvalue weighted by atomic mass is 10.1. The highest BCUT2D eigenvalue weighted by Crippen LogP contribution is 2.28. The molecule has 1 aromatic heterocycles. The fraction of sp³-hybridized carbons (Fsp3) is 0.238. The van der Waals surface area contributed by atoms with Gasteiger partial charge < -0.3 is 14.6 Å². The van der Waals surface area contributed by atoms with E-state index in [2.05, 4.69) is 5.32 Å². The maximum Gasteiger partial charge on any atom is 0.228 e. The average Bonchev–Trinajstić information content (AvgIpc) is 3.22. The number of hydrogen-bond acceptors (Lipinski definition) is 3. The van der Waals surface area contributed by atoms with Gasteiger partial charge in [0, 0.05) is 18.1 Å². The molecule has 5 nitrogen and oxygen atoms in total. The quantitative estimate of drug-likeness (QED) is 0.782. The first-order valence-corrected chi connectivity index (χ1v) is 8.67. The number of carbonyl (C=O) groups excluding carboxylic acids is 2. The van der Waals surface area contributed by atoms with Crippen molar-refractivity contribution in [3.05, 3.63) is 65.4 Å². The zero-order valence-corrected chi connectivity index (χ0v) is 14.8. The number of nitrogens with zero attached hydrogens (tertiary/aromatic N) is 1. The van der Waals surface area contributed by atoms with Gasteiger partial charge in [0.2, 0.25) is 11.8 Å². The first kappa shape index (κ1) is 16.4. The van der Waals surface area contributed by atoms with Gasteiger partial charge in [-0.15, -0.1) is 0 Å². The van der Waals surface area contributed by atoms with Crippen molar-refractivity contribution in [2.45, 2.75) is 25.8 Å². The lowest BCUT2D eigenvalue weighted by Crippen LogP contribution is -2.30. The summed E-state index contributed by atoms with van der Waals surface area (Å²) in [6, 6.07) is 15.4. The van der Waals surface area contributed by atoms with Crippen LogP contribution < -0.4 is 5.32 Å². The Bertz CT molecular complexity index is 972. The molecule has 0 spiro atoms. The summed E-state index contributed by atoms with van der Waals surface area (Å²) in [6.07, 6.45) is 0.691. The molecule has 1 aliphatic rings. The summed E-state index contributed by atoms with van der Waals surface area (Å²) in [4.78, 5) is 25.9. The highest BCUT2D eigenvalue weighted by molar-refractivity contribution is 5.99. The van der Waals surface area contributed by atoms with Gasteiger partial charge in [-0.3, -0.25) is 9.59 Å². The molecule has 1 atom stereocenters. The van der Waals surface area contributed by atoms with Gasteiger partial charge in [-0.2, -0.15) is 0 Å². The molecular formula is C21H20N2O3. The fourth-order valence-electron chi connectivity index (χ4n) is 3.29. The van der Waals surface area contributed by atoms with Crippen molar-refractivity contribution < 1.29 is 14.0 Å². The van der Waals surface area contributed by atoms with Crippen molar-refractivity contribution in [2.24, 2.45) is 0 Å². The van der Waals surface area contributed by atoms with Crippen molar-refractivity contribution >= 4 is 28.5 Å². The minimum atomic E-state index is -0.163. The third kappa shape index (κ3) is 2.96. The van der Waals surface area contributed by atoms with Crippen LogP contribution >= 0.6 is 0 Å². The molecule has 5 heteroatoms. The molecule has 2 amide bonds. The zero-order chi connectivity index (χ0) is 18.3. The van der Waals surface area contributed by atoms with Crippen LogP contribution in [-0.4, -0.2) is 23.8 Å². The molecule has 0 aliphatic carbocycles. The van der Waals surface area contributed by atoms with Crippen molar-refractivity contribution in [2.75, 3.05) is 12.4 Å². The molecule has 0 radical (unpaired) electrons. The second kappa shape index (κ2) is 6.33. The molecule has 0 saturated carbocycles. The number of nitrogens with one attached hydrogen (secondary N) is 1. The Morgan fingerprint density at radius 1 is 1.23 bits per heavy atom. The molecule has 2 heterocycles. The highest BCUT2D eigenvalue weighted by Gasteiger charge is 2.22. The van der Waals surface area contributed by atoms with Crippen molar-refractivity contribution in [3.8, 4) is 0 Å². The van der Waals surface area contributed by atoms with Crippen molar-refractivity contribution in [3.63, 3.8) is 0 Å². The molecule has 0 fully saturated rings. The minimum Gasteiger partial charge on any atom is -0.459 e. The Hall–Kier alpha value is -3.08. The van der Waals surface area contributed by atoms with Crippen LogP contribution in [0.1, 0.15) is 29.9 Å². The summed E-state index contributed by atoms with van der Waals surface area (Å²) < 4.78 is 5.88. The number of rotatable bonds is 4. The van der Waals surface area contributed by atoms with E-state index in [1.165, 1.54) is 0 Å². The third-order valence-electron chi connectivity index (χ3n) is 4.99. The van der Waals surface area contributed by atoms with Crippen LogP contribution in [0.15, 0.2) is 52.9 Å². The summed E-state index contributed by atoms with van der Waals surface area (Å²) in [5.74, 6) is 0.768. The molecule has 0 unspecified atom stereocenters. The number of benzene rings is 2. The van der Waals surface area contributed by atoms with Gasteiger partial charge in [-0.25, -0.2) is 0 Å². The van der Waals surface area contributed by atoms with Gasteiger partial charge in [0.1, 0.15) is 11.3 Å². The number of furan rings is 1. The van der Waals surface area contributed by atoms with Gasteiger partial charge in [0.05, 0.1) is 18.9 Å². The van der Waals surface area contributed by atoms with E-state index >= 15 is 0 Å². The average molecular weight is 348 g/mol. The van der Waals surface area contributed by atoms with E-state index in [4.69, 9.17) is 4.42 Å². The lowest BCUT2D eigenvalue weighted by Gasteiger charge is -2.23. The van der Waals surface area contributed by atoms with Gasteiger partial charge in [0.25, 0.3) is 0 Å². The first-order chi connectivity index (χ1) is 12.5. The summed E-state index contributed by atoms with van der Waals surface area (Å²) in [6.45, 7) is 1.96. The molecular weight excluding hydrogens is 328 g/mol. The first-order valence-electron chi connectivity index (χ1n) is 8.67. The topological polar surface area (TPSA) is 62.6 Å². The molecule has 132 valence electrons. The Morgan fingerprint density at radius 3 is 2.85 bits per heavy atom. The molecule has 0 bridgehead atoms. The Labute approximate surface area is 151 Å². The van der Waals surface area contributed by atoms with Crippen LogP contribution in [0.2, 0.25) is 0 Å². The monoisotopic (exact) mass is 348 g/mol. The number of anilines is 1. The van der Waals surface area contributed by atoms with Gasteiger partial charge >= 0.3 is 0 Å². The molecule has 3 aromatic rings. The summed E-state index contributed by atoms with van der Waals surface area (Å²) in [5.41, 5.74) is 3.51. The second-order valence-electron chi connectivity index (χ2n) is 6.76. The van der Waals surface area contributed by atoms with Crippen molar-refractivity contribution in [1.29, 1.82) is 0 Å².